The number of hydrogen-bond donors (Lipinski definition) is 0. The molecule has 0 aliphatic carbocycles. The summed E-state index contributed by atoms with van der Waals surface area (Å²) in [5.41, 5.74) is 5.86. The monoisotopic (exact) mass is 532 g/mol. The molecule has 0 amide bonds. The van der Waals surface area contributed by atoms with Gasteiger partial charge in [0, 0.05) is 58.4 Å². The number of hydrogen-bond acceptors (Lipinski definition) is 6. The van der Waals surface area contributed by atoms with Crippen molar-refractivity contribution >= 4 is 34.1 Å². The first-order valence-electron chi connectivity index (χ1n) is 12.9. The van der Waals surface area contributed by atoms with Gasteiger partial charge in [-0.05, 0) is 72.8 Å². The van der Waals surface area contributed by atoms with E-state index in [4.69, 9.17) is 18.9 Å². The van der Waals surface area contributed by atoms with Crippen LogP contribution in [0.2, 0.25) is 0 Å². The molecule has 0 unspecified atom stereocenters. The van der Waals surface area contributed by atoms with Crippen molar-refractivity contribution in [2.75, 3.05) is 38.2 Å². The first-order chi connectivity index (χ1) is 19.6. The van der Waals surface area contributed by atoms with Gasteiger partial charge in [0.15, 0.2) is 0 Å². The summed E-state index contributed by atoms with van der Waals surface area (Å²) in [6.45, 7) is 0. The second kappa shape index (κ2) is 12.2. The second-order valence-corrected chi connectivity index (χ2v) is 8.99. The molecule has 0 aliphatic rings. The number of benzene rings is 5. The number of rotatable bonds is 10. The van der Waals surface area contributed by atoms with Crippen molar-refractivity contribution < 1.29 is 18.9 Å². The van der Waals surface area contributed by atoms with Gasteiger partial charge in [0.05, 0.1) is 28.4 Å². The molecule has 0 atom stereocenters. The van der Waals surface area contributed by atoms with Crippen molar-refractivity contribution in [3.05, 3.63) is 121 Å². The van der Waals surface area contributed by atoms with E-state index in [1.807, 2.05) is 72.8 Å². The van der Waals surface area contributed by atoms with Gasteiger partial charge in [-0.1, -0.05) is 24.3 Å². The molecule has 0 aliphatic heterocycles. The molecule has 0 fully saturated rings. The molecule has 0 saturated carbocycles. The fourth-order valence-electron chi connectivity index (χ4n) is 4.64. The Balaban J connectivity index is 1.61. The molecule has 0 bridgehead atoms. The summed E-state index contributed by atoms with van der Waals surface area (Å²) in [4.78, 5) is 4.35. The average Bonchev–Trinajstić information content (AvgIpc) is 3.02. The van der Waals surface area contributed by atoms with Gasteiger partial charge in [-0.2, -0.15) is 0 Å². The molecule has 0 saturated heterocycles. The number of nitrogens with zero attached hydrogens (tertiary/aromatic N) is 2. The van der Waals surface area contributed by atoms with Crippen LogP contribution < -0.4 is 28.7 Å². The summed E-state index contributed by atoms with van der Waals surface area (Å²) in [5, 5.41) is 0. The van der Waals surface area contributed by atoms with Crippen LogP contribution in [0.1, 0.15) is 0 Å². The molecular formula is C34H32N2O4. The Bertz CT molecular complexity index is 1360. The molecule has 40 heavy (non-hydrogen) atoms. The van der Waals surface area contributed by atoms with Gasteiger partial charge in [0.25, 0.3) is 0 Å². The highest BCUT2D eigenvalue weighted by molar-refractivity contribution is 5.82. The normalized spacial score (nSPS) is 10.5. The Morgan fingerprint density at radius 3 is 0.800 bits per heavy atom. The third-order valence-electron chi connectivity index (χ3n) is 6.61. The van der Waals surface area contributed by atoms with E-state index in [-0.39, 0.29) is 0 Å². The Morgan fingerprint density at radius 1 is 0.325 bits per heavy atom. The van der Waals surface area contributed by atoms with Gasteiger partial charge >= 0.3 is 0 Å². The SMILES string of the molecule is COc1cccc(N(c2ccc(N(c3cccc(OC)c3)c3cccc(OC)c3)cc2)c2cccc(OC)c2)c1. The van der Waals surface area contributed by atoms with Crippen LogP contribution in [-0.2, 0) is 0 Å². The lowest BCUT2D eigenvalue weighted by atomic mass is 10.1. The van der Waals surface area contributed by atoms with Crippen molar-refractivity contribution in [3.63, 3.8) is 0 Å². The summed E-state index contributed by atoms with van der Waals surface area (Å²) < 4.78 is 22.1. The maximum atomic E-state index is 5.53. The molecule has 202 valence electrons. The third kappa shape index (κ3) is 5.66. The Kier molecular flexibility index (Phi) is 8.07. The van der Waals surface area contributed by atoms with Crippen LogP contribution in [0.5, 0.6) is 23.0 Å². The van der Waals surface area contributed by atoms with E-state index in [2.05, 4.69) is 58.3 Å². The quantitative estimate of drug-likeness (QED) is 0.179. The summed E-state index contributed by atoms with van der Waals surface area (Å²) in [6.07, 6.45) is 0. The molecular weight excluding hydrogens is 500 g/mol. The van der Waals surface area contributed by atoms with Gasteiger partial charge in [-0.25, -0.2) is 0 Å². The van der Waals surface area contributed by atoms with Crippen LogP contribution in [0.3, 0.4) is 0 Å². The molecule has 0 aromatic heterocycles. The van der Waals surface area contributed by atoms with Crippen LogP contribution in [-0.4, -0.2) is 28.4 Å². The van der Waals surface area contributed by atoms with Crippen molar-refractivity contribution in [3.8, 4) is 23.0 Å². The fraction of sp³-hybridized carbons (Fsp3) is 0.118. The van der Waals surface area contributed by atoms with Gasteiger partial charge in [-0.15, -0.1) is 0 Å². The van der Waals surface area contributed by atoms with E-state index in [9.17, 15) is 0 Å². The first-order valence-corrected chi connectivity index (χ1v) is 12.9. The number of ether oxygens (including phenoxy) is 4. The summed E-state index contributed by atoms with van der Waals surface area (Å²) in [7, 11) is 6.70. The molecule has 6 heteroatoms. The summed E-state index contributed by atoms with van der Waals surface area (Å²) in [5.74, 6) is 3.13. The zero-order valence-corrected chi connectivity index (χ0v) is 23.1. The minimum absolute atomic E-state index is 0.782. The van der Waals surface area contributed by atoms with Crippen LogP contribution in [0, 0.1) is 0 Å². The minimum Gasteiger partial charge on any atom is -0.497 e. The second-order valence-electron chi connectivity index (χ2n) is 8.99. The maximum Gasteiger partial charge on any atom is 0.120 e. The van der Waals surface area contributed by atoms with Crippen LogP contribution >= 0.6 is 0 Å². The zero-order valence-electron chi connectivity index (χ0n) is 23.1. The predicted octanol–water partition coefficient (Wildman–Crippen LogP) is 8.66. The molecule has 0 radical (unpaired) electrons. The Morgan fingerprint density at radius 2 is 0.575 bits per heavy atom. The van der Waals surface area contributed by atoms with E-state index in [1.54, 1.807) is 28.4 Å². The lowest BCUT2D eigenvalue weighted by Crippen LogP contribution is -2.12. The van der Waals surface area contributed by atoms with Gasteiger partial charge in [0.2, 0.25) is 0 Å². The topological polar surface area (TPSA) is 43.4 Å². The lowest BCUT2D eigenvalue weighted by Gasteiger charge is -2.29. The van der Waals surface area contributed by atoms with E-state index in [0.717, 1.165) is 57.1 Å². The Labute approximate surface area is 235 Å². The first kappa shape index (κ1) is 26.5. The van der Waals surface area contributed by atoms with E-state index >= 15 is 0 Å². The largest absolute Gasteiger partial charge is 0.497 e. The molecule has 0 N–H and O–H groups in total. The predicted molar refractivity (Wildman–Crippen MR) is 162 cm³/mol. The van der Waals surface area contributed by atoms with E-state index in [0.29, 0.717) is 0 Å². The molecule has 5 aromatic rings. The van der Waals surface area contributed by atoms with E-state index < -0.39 is 0 Å². The van der Waals surface area contributed by atoms with Crippen molar-refractivity contribution in [1.29, 1.82) is 0 Å². The average molecular weight is 533 g/mol. The lowest BCUT2D eigenvalue weighted by molar-refractivity contribution is 0.414. The zero-order chi connectivity index (χ0) is 27.9. The van der Waals surface area contributed by atoms with Crippen LogP contribution in [0.4, 0.5) is 34.1 Å². The number of methoxy groups -OCH3 is 4. The fourth-order valence-corrected chi connectivity index (χ4v) is 4.64. The van der Waals surface area contributed by atoms with Crippen molar-refractivity contribution in [1.82, 2.24) is 0 Å². The maximum absolute atomic E-state index is 5.53. The third-order valence-corrected chi connectivity index (χ3v) is 6.61. The highest BCUT2D eigenvalue weighted by Gasteiger charge is 2.17. The molecule has 6 nitrogen and oxygen atoms in total. The highest BCUT2D eigenvalue weighted by atomic mass is 16.5. The summed E-state index contributed by atoms with van der Waals surface area (Å²) >= 11 is 0. The van der Waals surface area contributed by atoms with Crippen molar-refractivity contribution in [2.24, 2.45) is 0 Å². The molecule has 5 aromatic carbocycles. The molecule has 0 spiro atoms. The van der Waals surface area contributed by atoms with Crippen LogP contribution in [0.25, 0.3) is 0 Å². The molecule has 5 rings (SSSR count). The Hall–Kier alpha value is -5.10. The summed E-state index contributed by atoms with van der Waals surface area (Å²) in [6, 6.07) is 40.5. The van der Waals surface area contributed by atoms with Crippen LogP contribution in [0.15, 0.2) is 121 Å². The smallest absolute Gasteiger partial charge is 0.120 e. The minimum atomic E-state index is 0.782. The van der Waals surface area contributed by atoms with Crippen molar-refractivity contribution in [2.45, 2.75) is 0 Å². The van der Waals surface area contributed by atoms with E-state index in [1.165, 1.54) is 0 Å². The number of anilines is 6. The standard InChI is InChI=1S/C34H32N2O4/c1-37-31-13-5-9-27(21-31)35(28-10-6-14-32(22-28)38-2)25-17-19-26(20-18-25)36(29-11-7-15-33(23-29)39-3)30-12-8-16-34(24-30)40-4/h5-24H,1-4H3. The van der Waals surface area contributed by atoms with Gasteiger partial charge in [0.1, 0.15) is 23.0 Å². The van der Waals surface area contributed by atoms with Gasteiger partial charge < -0.3 is 28.7 Å². The highest BCUT2D eigenvalue weighted by Crippen LogP contribution is 2.41. The molecule has 0 heterocycles. The van der Waals surface area contributed by atoms with Gasteiger partial charge in [-0.3, -0.25) is 0 Å².